The lowest BCUT2D eigenvalue weighted by atomic mass is 10.0. The van der Waals surface area contributed by atoms with E-state index in [9.17, 15) is 14.7 Å². The second kappa shape index (κ2) is 2.82. The van der Waals surface area contributed by atoms with Crippen LogP contribution in [0.2, 0.25) is 0 Å². The summed E-state index contributed by atoms with van der Waals surface area (Å²) in [4.78, 5) is 22.8. The standard InChI is InChI=1S/C12H6O4/c13-7-2-4-8-6(5-7)1-3-9-10(8)12(15)16-11(9)14/h1-5,13H. The van der Waals surface area contributed by atoms with Gasteiger partial charge in [0.2, 0.25) is 0 Å². The highest BCUT2D eigenvalue weighted by Crippen LogP contribution is 2.30. The van der Waals surface area contributed by atoms with Crippen LogP contribution < -0.4 is 0 Å². The fourth-order valence-corrected chi connectivity index (χ4v) is 1.90. The maximum atomic E-state index is 11.5. The normalized spacial score (nSPS) is 14.0. The Kier molecular flexibility index (Phi) is 1.57. The molecule has 4 heteroatoms. The molecule has 0 radical (unpaired) electrons. The number of esters is 2. The smallest absolute Gasteiger partial charge is 0.347 e. The molecule has 0 spiro atoms. The van der Waals surface area contributed by atoms with Crippen molar-refractivity contribution in [1.82, 2.24) is 0 Å². The topological polar surface area (TPSA) is 63.6 Å². The van der Waals surface area contributed by atoms with Gasteiger partial charge in [-0.25, -0.2) is 9.59 Å². The number of ether oxygens (including phenoxy) is 1. The van der Waals surface area contributed by atoms with Crippen molar-refractivity contribution in [1.29, 1.82) is 0 Å². The van der Waals surface area contributed by atoms with Crippen molar-refractivity contribution in [2.24, 2.45) is 0 Å². The SMILES string of the molecule is O=C1OC(=O)c2c1ccc1cc(O)ccc21. The number of fused-ring (bicyclic) bond motifs is 3. The molecule has 2 aromatic rings. The second-order valence-corrected chi connectivity index (χ2v) is 3.57. The largest absolute Gasteiger partial charge is 0.508 e. The van der Waals surface area contributed by atoms with Crippen molar-refractivity contribution in [3.8, 4) is 5.75 Å². The quantitative estimate of drug-likeness (QED) is 0.537. The summed E-state index contributed by atoms with van der Waals surface area (Å²) in [5.74, 6) is -1.13. The average molecular weight is 214 g/mol. The number of hydrogen-bond donors (Lipinski definition) is 1. The van der Waals surface area contributed by atoms with Gasteiger partial charge in [0.25, 0.3) is 0 Å². The molecule has 0 amide bonds. The van der Waals surface area contributed by atoms with Crippen LogP contribution >= 0.6 is 0 Å². The van der Waals surface area contributed by atoms with Crippen LogP contribution in [0.1, 0.15) is 20.7 Å². The molecule has 0 fully saturated rings. The highest BCUT2D eigenvalue weighted by molar-refractivity contribution is 6.21. The Labute approximate surface area is 90.1 Å². The lowest BCUT2D eigenvalue weighted by Gasteiger charge is -2.01. The predicted molar refractivity (Wildman–Crippen MR) is 55.4 cm³/mol. The second-order valence-electron chi connectivity index (χ2n) is 3.57. The summed E-state index contributed by atoms with van der Waals surface area (Å²) in [5, 5.41) is 10.6. The van der Waals surface area contributed by atoms with Crippen molar-refractivity contribution in [2.75, 3.05) is 0 Å². The Morgan fingerprint density at radius 3 is 2.62 bits per heavy atom. The lowest BCUT2D eigenvalue weighted by Crippen LogP contribution is -1.97. The van der Waals surface area contributed by atoms with Gasteiger partial charge in [-0.05, 0) is 35.0 Å². The van der Waals surface area contributed by atoms with Gasteiger partial charge >= 0.3 is 11.9 Å². The molecular weight excluding hydrogens is 208 g/mol. The predicted octanol–water partition coefficient (Wildman–Crippen LogP) is 1.86. The van der Waals surface area contributed by atoms with Crippen LogP contribution in [0.15, 0.2) is 30.3 Å². The minimum Gasteiger partial charge on any atom is -0.508 e. The van der Waals surface area contributed by atoms with Crippen LogP contribution in [-0.2, 0) is 4.74 Å². The number of phenolic OH excluding ortho intramolecular Hbond substituents is 1. The van der Waals surface area contributed by atoms with E-state index in [1.807, 2.05) is 0 Å². The first kappa shape index (κ1) is 8.91. The Hall–Kier alpha value is -2.36. The van der Waals surface area contributed by atoms with Crippen LogP contribution in [0.25, 0.3) is 10.8 Å². The zero-order chi connectivity index (χ0) is 11.3. The molecule has 1 aliphatic heterocycles. The third-order valence-electron chi connectivity index (χ3n) is 2.61. The maximum Gasteiger partial charge on any atom is 0.347 e. The van der Waals surface area contributed by atoms with Crippen LogP contribution in [0.3, 0.4) is 0 Å². The first-order valence-corrected chi connectivity index (χ1v) is 4.69. The third kappa shape index (κ3) is 1.04. The van der Waals surface area contributed by atoms with Gasteiger partial charge < -0.3 is 9.84 Å². The zero-order valence-electron chi connectivity index (χ0n) is 8.06. The minimum atomic E-state index is -0.628. The summed E-state index contributed by atoms with van der Waals surface area (Å²) < 4.78 is 4.53. The number of carbonyl (C=O) groups excluding carboxylic acids is 2. The number of carbonyl (C=O) groups is 2. The van der Waals surface area contributed by atoms with E-state index >= 15 is 0 Å². The Bertz CT molecular complexity index is 643. The number of cyclic esters (lactones) is 2. The first-order chi connectivity index (χ1) is 7.66. The number of rotatable bonds is 0. The molecule has 2 aromatic carbocycles. The van der Waals surface area contributed by atoms with Crippen molar-refractivity contribution < 1.29 is 19.4 Å². The van der Waals surface area contributed by atoms with Gasteiger partial charge in [0.1, 0.15) is 5.75 Å². The summed E-state index contributed by atoms with van der Waals surface area (Å²) in [5.41, 5.74) is 0.561. The number of phenols is 1. The van der Waals surface area contributed by atoms with Gasteiger partial charge in [0, 0.05) is 0 Å². The number of benzene rings is 2. The summed E-state index contributed by atoms with van der Waals surface area (Å²) in [6.07, 6.45) is 0. The number of aromatic hydroxyl groups is 1. The molecule has 1 N–H and O–H groups in total. The van der Waals surface area contributed by atoms with Gasteiger partial charge in [-0.2, -0.15) is 0 Å². The van der Waals surface area contributed by atoms with E-state index in [4.69, 9.17) is 0 Å². The fraction of sp³-hybridized carbons (Fsp3) is 0. The molecule has 3 rings (SSSR count). The zero-order valence-corrected chi connectivity index (χ0v) is 8.06. The highest BCUT2D eigenvalue weighted by Gasteiger charge is 2.31. The molecule has 0 atom stereocenters. The molecule has 1 aliphatic rings. The van der Waals surface area contributed by atoms with E-state index in [1.54, 1.807) is 12.1 Å². The Balaban J connectivity index is 2.45. The monoisotopic (exact) mass is 214 g/mol. The van der Waals surface area contributed by atoms with E-state index < -0.39 is 11.9 Å². The molecule has 4 nitrogen and oxygen atoms in total. The minimum absolute atomic E-state index is 0.116. The van der Waals surface area contributed by atoms with E-state index in [-0.39, 0.29) is 16.9 Å². The van der Waals surface area contributed by atoms with E-state index in [2.05, 4.69) is 4.74 Å². The van der Waals surface area contributed by atoms with E-state index in [1.165, 1.54) is 18.2 Å². The summed E-state index contributed by atoms with van der Waals surface area (Å²) >= 11 is 0. The highest BCUT2D eigenvalue weighted by atomic mass is 16.6. The van der Waals surface area contributed by atoms with Crippen LogP contribution in [-0.4, -0.2) is 17.0 Å². The fourth-order valence-electron chi connectivity index (χ4n) is 1.90. The van der Waals surface area contributed by atoms with E-state index in [0.717, 1.165) is 0 Å². The molecule has 0 saturated carbocycles. The summed E-state index contributed by atoms with van der Waals surface area (Å²) in [6, 6.07) is 7.81. The van der Waals surface area contributed by atoms with Gasteiger partial charge in [-0.15, -0.1) is 0 Å². The maximum absolute atomic E-state index is 11.5. The third-order valence-corrected chi connectivity index (χ3v) is 2.61. The number of hydrogen-bond acceptors (Lipinski definition) is 4. The lowest BCUT2D eigenvalue weighted by molar-refractivity contribution is 0.0444. The molecular formula is C12H6O4. The van der Waals surface area contributed by atoms with Crippen molar-refractivity contribution in [2.45, 2.75) is 0 Å². The van der Waals surface area contributed by atoms with Crippen LogP contribution in [0, 0.1) is 0 Å². The van der Waals surface area contributed by atoms with Crippen molar-refractivity contribution in [3.63, 3.8) is 0 Å². The van der Waals surface area contributed by atoms with Gasteiger partial charge in [0.05, 0.1) is 11.1 Å². The molecule has 78 valence electrons. The first-order valence-electron chi connectivity index (χ1n) is 4.69. The summed E-state index contributed by atoms with van der Waals surface area (Å²) in [6.45, 7) is 0. The van der Waals surface area contributed by atoms with Crippen molar-refractivity contribution >= 4 is 22.7 Å². The van der Waals surface area contributed by atoms with E-state index in [0.29, 0.717) is 10.8 Å². The van der Waals surface area contributed by atoms with Gasteiger partial charge in [-0.1, -0.05) is 6.07 Å². The van der Waals surface area contributed by atoms with Crippen LogP contribution in [0.4, 0.5) is 0 Å². The molecule has 0 bridgehead atoms. The average Bonchev–Trinajstić information content (AvgIpc) is 2.54. The Morgan fingerprint density at radius 1 is 1.00 bits per heavy atom. The molecule has 16 heavy (non-hydrogen) atoms. The van der Waals surface area contributed by atoms with Crippen molar-refractivity contribution in [3.05, 3.63) is 41.5 Å². The summed E-state index contributed by atoms with van der Waals surface area (Å²) in [7, 11) is 0. The molecule has 0 aliphatic carbocycles. The van der Waals surface area contributed by atoms with Crippen LogP contribution in [0.5, 0.6) is 5.75 Å². The van der Waals surface area contributed by atoms with Gasteiger partial charge in [0.15, 0.2) is 0 Å². The molecule has 0 saturated heterocycles. The molecule has 1 heterocycles. The molecule has 0 aromatic heterocycles. The van der Waals surface area contributed by atoms with Gasteiger partial charge in [-0.3, -0.25) is 0 Å². The molecule has 0 unspecified atom stereocenters. The Morgan fingerprint density at radius 2 is 1.81 bits per heavy atom.